The van der Waals surface area contributed by atoms with Crippen LogP contribution in [0.25, 0.3) is 33.2 Å². The summed E-state index contributed by atoms with van der Waals surface area (Å²) in [6.45, 7) is 2.44. The second-order valence-electron chi connectivity index (χ2n) is 10.6. The first kappa shape index (κ1) is 27.7. The Bertz CT molecular complexity index is 1910. The molecular weight excluding hydrogens is 539 g/mol. The van der Waals surface area contributed by atoms with Crippen LogP contribution in [0, 0.1) is 5.82 Å². The Morgan fingerprint density at radius 3 is 2.05 bits per heavy atom. The first-order valence-electron chi connectivity index (χ1n) is 14.0. The Labute approximate surface area is 248 Å². The van der Waals surface area contributed by atoms with Gasteiger partial charge in [0, 0.05) is 18.1 Å². The Kier molecular flexibility index (Phi) is 7.58. The number of aromatic carboxylic acids is 1. The lowest BCUT2D eigenvalue weighted by Gasteiger charge is -2.17. The minimum atomic E-state index is -0.991. The topological polar surface area (TPSA) is 71.3 Å². The highest BCUT2D eigenvalue weighted by atomic mass is 19.1. The van der Waals surface area contributed by atoms with Crippen LogP contribution in [0.4, 0.5) is 4.39 Å². The smallest absolute Gasteiger partial charge is 0.335 e. The molecule has 0 aliphatic heterocycles. The van der Waals surface area contributed by atoms with Gasteiger partial charge >= 0.3 is 5.97 Å². The van der Waals surface area contributed by atoms with Gasteiger partial charge in [0.15, 0.2) is 0 Å². The van der Waals surface area contributed by atoms with Crippen LogP contribution in [0.2, 0.25) is 0 Å². The lowest BCUT2D eigenvalue weighted by Crippen LogP contribution is -2.27. The minimum absolute atomic E-state index is 0.197. The van der Waals surface area contributed by atoms with E-state index in [0.29, 0.717) is 12.1 Å². The van der Waals surface area contributed by atoms with E-state index in [0.717, 1.165) is 44.3 Å². The van der Waals surface area contributed by atoms with Gasteiger partial charge in [-0.15, -0.1) is 0 Å². The van der Waals surface area contributed by atoms with Crippen molar-refractivity contribution >= 4 is 22.8 Å². The molecule has 2 N–H and O–H groups in total. The summed E-state index contributed by atoms with van der Waals surface area (Å²) in [7, 11) is 0. The SMILES string of the molecule is C[C@H](NC(=O)c1cc(-c2ccccc2)cc2ccn(Cc3ccc(-c4ccc(F)cc4)cc3)c12)c1ccc(C(=O)O)cc1. The van der Waals surface area contributed by atoms with Gasteiger partial charge in [0.05, 0.1) is 22.7 Å². The molecule has 1 heterocycles. The van der Waals surface area contributed by atoms with E-state index < -0.39 is 5.97 Å². The Morgan fingerprint density at radius 2 is 1.40 bits per heavy atom. The standard InChI is InChI=1S/C37H29FN2O3/c1-24(26-11-13-30(14-12-26)37(42)43)39-36(41)34-22-32(27-5-3-2-4-6-27)21-31-19-20-40(35(31)34)23-25-7-9-28(10-8-25)29-15-17-33(38)18-16-29/h2-22,24H,23H2,1H3,(H,39,41)(H,42,43)/t24-/m0/s1. The van der Waals surface area contributed by atoms with E-state index >= 15 is 0 Å². The van der Waals surface area contributed by atoms with Crippen LogP contribution in [0.3, 0.4) is 0 Å². The van der Waals surface area contributed by atoms with Crippen molar-refractivity contribution in [3.63, 3.8) is 0 Å². The summed E-state index contributed by atoms with van der Waals surface area (Å²) in [4.78, 5) is 25.1. The molecule has 0 radical (unpaired) electrons. The number of halogens is 1. The summed E-state index contributed by atoms with van der Waals surface area (Å²) in [5.74, 6) is -1.47. The summed E-state index contributed by atoms with van der Waals surface area (Å²) in [5, 5.41) is 13.3. The van der Waals surface area contributed by atoms with Gasteiger partial charge in [-0.25, -0.2) is 9.18 Å². The highest BCUT2D eigenvalue weighted by Gasteiger charge is 2.19. The van der Waals surface area contributed by atoms with Crippen LogP contribution in [0.15, 0.2) is 128 Å². The maximum atomic E-state index is 13.9. The molecule has 6 aromatic rings. The molecule has 5 aromatic carbocycles. The lowest BCUT2D eigenvalue weighted by atomic mass is 9.99. The average Bonchev–Trinajstić information content (AvgIpc) is 3.44. The van der Waals surface area contributed by atoms with Crippen molar-refractivity contribution in [1.82, 2.24) is 9.88 Å². The summed E-state index contributed by atoms with van der Waals surface area (Å²) in [6, 6.07) is 36.8. The van der Waals surface area contributed by atoms with Crippen molar-refractivity contribution in [2.75, 3.05) is 0 Å². The number of hydrogen-bond donors (Lipinski definition) is 2. The van der Waals surface area contributed by atoms with Gasteiger partial charge in [-0.3, -0.25) is 4.79 Å². The number of amides is 1. The summed E-state index contributed by atoms with van der Waals surface area (Å²) < 4.78 is 15.4. The van der Waals surface area contributed by atoms with Crippen molar-refractivity contribution in [3.05, 3.63) is 156 Å². The Hall–Kier alpha value is -5.49. The zero-order chi connectivity index (χ0) is 29.9. The van der Waals surface area contributed by atoms with Crippen molar-refractivity contribution in [3.8, 4) is 22.3 Å². The van der Waals surface area contributed by atoms with Crippen LogP contribution < -0.4 is 5.32 Å². The van der Waals surface area contributed by atoms with Crippen molar-refractivity contribution in [1.29, 1.82) is 0 Å². The molecule has 6 rings (SSSR count). The zero-order valence-corrected chi connectivity index (χ0v) is 23.5. The summed E-state index contributed by atoms with van der Waals surface area (Å²) in [5.41, 5.74) is 7.35. The second-order valence-corrected chi connectivity index (χ2v) is 10.6. The molecule has 0 unspecified atom stereocenters. The predicted molar refractivity (Wildman–Crippen MR) is 168 cm³/mol. The monoisotopic (exact) mass is 568 g/mol. The molecular formula is C37H29FN2O3. The molecule has 6 heteroatoms. The number of carbonyl (C=O) groups excluding carboxylic acids is 1. The fourth-order valence-electron chi connectivity index (χ4n) is 5.37. The summed E-state index contributed by atoms with van der Waals surface area (Å²) >= 11 is 0. The first-order valence-corrected chi connectivity index (χ1v) is 14.0. The van der Waals surface area contributed by atoms with E-state index in [1.807, 2.05) is 79.9 Å². The minimum Gasteiger partial charge on any atom is -0.478 e. The number of carbonyl (C=O) groups is 2. The fourth-order valence-corrected chi connectivity index (χ4v) is 5.37. The normalized spacial score (nSPS) is 11.8. The third-order valence-electron chi connectivity index (χ3n) is 7.70. The number of fused-ring (bicyclic) bond motifs is 1. The van der Waals surface area contributed by atoms with Gasteiger partial charge in [0.2, 0.25) is 0 Å². The molecule has 1 amide bonds. The largest absolute Gasteiger partial charge is 0.478 e. The number of hydrogen-bond acceptors (Lipinski definition) is 2. The van der Waals surface area contributed by atoms with Crippen molar-refractivity contribution in [2.45, 2.75) is 19.5 Å². The third-order valence-corrected chi connectivity index (χ3v) is 7.70. The van der Waals surface area contributed by atoms with E-state index in [1.54, 1.807) is 36.4 Å². The van der Waals surface area contributed by atoms with E-state index in [1.165, 1.54) is 12.1 Å². The van der Waals surface area contributed by atoms with Gasteiger partial charge in [-0.05, 0) is 82.8 Å². The maximum absolute atomic E-state index is 13.9. The molecule has 0 saturated carbocycles. The van der Waals surface area contributed by atoms with Gasteiger partial charge in [-0.1, -0.05) is 78.9 Å². The number of carboxylic acid groups (broad SMARTS) is 1. The van der Waals surface area contributed by atoms with E-state index in [9.17, 15) is 19.1 Å². The highest BCUT2D eigenvalue weighted by Crippen LogP contribution is 2.30. The van der Waals surface area contributed by atoms with Crippen LogP contribution in [-0.2, 0) is 6.54 Å². The molecule has 1 aromatic heterocycles. The molecule has 0 spiro atoms. The zero-order valence-electron chi connectivity index (χ0n) is 23.5. The third kappa shape index (κ3) is 5.95. The van der Waals surface area contributed by atoms with Gasteiger partial charge in [-0.2, -0.15) is 0 Å². The van der Waals surface area contributed by atoms with Gasteiger partial charge in [0.1, 0.15) is 5.82 Å². The van der Waals surface area contributed by atoms with Crippen LogP contribution >= 0.6 is 0 Å². The lowest BCUT2D eigenvalue weighted by molar-refractivity contribution is 0.0696. The van der Waals surface area contributed by atoms with Crippen LogP contribution in [0.5, 0.6) is 0 Å². The van der Waals surface area contributed by atoms with Crippen LogP contribution in [0.1, 0.15) is 44.8 Å². The number of benzene rings is 5. The molecule has 212 valence electrons. The molecule has 43 heavy (non-hydrogen) atoms. The number of rotatable bonds is 8. The first-order chi connectivity index (χ1) is 20.9. The Balaban J connectivity index is 1.33. The van der Waals surface area contributed by atoms with E-state index in [2.05, 4.69) is 16.0 Å². The predicted octanol–water partition coefficient (Wildman–Crippen LogP) is 8.35. The van der Waals surface area contributed by atoms with Crippen molar-refractivity contribution < 1.29 is 19.1 Å². The number of carboxylic acids is 1. The van der Waals surface area contributed by atoms with Crippen molar-refractivity contribution in [2.24, 2.45) is 0 Å². The molecule has 0 aliphatic rings. The number of nitrogens with one attached hydrogen (secondary N) is 1. The molecule has 1 atom stereocenters. The van der Waals surface area contributed by atoms with E-state index in [-0.39, 0.29) is 23.3 Å². The molecule has 0 saturated heterocycles. The molecule has 5 nitrogen and oxygen atoms in total. The maximum Gasteiger partial charge on any atom is 0.335 e. The molecule has 0 fully saturated rings. The second kappa shape index (κ2) is 11.8. The molecule has 0 bridgehead atoms. The fraction of sp³-hybridized carbons (Fsp3) is 0.0811. The highest BCUT2D eigenvalue weighted by molar-refractivity contribution is 6.08. The van der Waals surface area contributed by atoms with E-state index in [4.69, 9.17) is 0 Å². The van der Waals surface area contributed by atoms with Gasteiger partial charge in [0.25, 0.3) is 5.91 Å². The Morgan fingerprint density at radius 1 is 0.767 bits per heavy atom. The number of nitrogens with zero attached hydrogens (tertiary/aromatic N) is 1. The number of aromatic nitrogens is 1. The summed E-state index contributed by atoms with van der Waals surface area (Å²) in [6.07, 6.45) is 2.00. The molecule has 0 aliphatic carbocycles. The quantitative estimate of drug-likeness (QED) is 0.194. The average molecular weight is 569 g/mol. The van der Waals surface area contributed by atoms with Crippen LogP contribution in [-0.4, -0.2) is 21.6 Å². The van der Waals surface area contributed by atoms with Gasteiger partial charge < -0.3 is 15.0 Å².